The van der Waals surface area contributed by atoms with E-state index in [2.05, 4.69) is 32.3 Å². The van der Waals surface area contributed by atoms with Gasteiger partial charge in [-0.3, -0.25) is 4.98 Å². The molecule has 0 fully saturated rings. The van der Waals surface area contributed by atoms with E-state index >= 15 is 0 Å². The molecule has 3 nitrogen and oxygen atoms in total. The van der Waals surface area contributed by atoms with Gasteiger partial charge in [0.05, 0.1) is 16.8 Å². The van der Waals surface area contributed by atoms with Crippen molar-refractivity contribution in [2.75, 3.05) is 5.32 Å². The van der Waals surface area contributed by atoms with Crippen LogP contribution in [0.3, 0.4) is 0 Å². The molecule has 0 bridgehead atoms. The third kappa shape index (κ3) is 2.36. The Bertz CT molecular complexity index is 821. The van der Waals surface area contributed by atoms with E-state index in [1.165, 1.54) is 0 Å². The van der Waals surface area contributed by atoms with Crippen LogP contribution in [0.15, 0.2) is 59.2 Å². The van der Waals surface area contributed by atoms with Crippen molar-refractivity contribution < 1.29 is 0 Å². The van der Waals surface area contributed by atoms with Crippen LogP contribution in [-0.2, 0) is 0 Å². The lowest BCUT2D eigenvalue weighted by Crippen LogP contribution is -1.94. The molecule has 96 valence electrons. The molecule has 0 unspecified atom stereocenters. The summed E-state index contributed by atoms with van der Waals surface area (Å²) in [5.74, 6) is 0. The molecule has 1 N–H and O–H groups in total. The minimum absolute atomic E-state index is 0.596. The number of nitrogens with zero attached hydrogens (tertiary/aromatic N) is 2. The van der Waals surface area contributed by atoms with E-state index in [4.69, 9.17) is 0 Å². The second kappa shape index (κ2) is 5.32. The van der Waals surface area contributed by atoms with Gasteiger partial charge in [0.1, 0.15) is 6.07 Å². The minimum Gasteiger partial charge on any atom is -0.354 e. The topological polar surface area (TPSA) is 48.7 Å². The predicted octanol–water partition coefficient (Wildman–Crippen LogP) is 4.61. The summed E-state index contributed by atoms with van der Waals surface area (Å²) in [5, 5.41) is 13.6. The van der Waals surface area contributed by atoms with Crippen molar-refractivity contribution in [2.24, 2.45) is 0 Å². The summed E-state index contributed by atoms with van der Waals surface area (Å²) in [6, 6.07) is 17.7. The molecule has 0 aliphatic carbocycles. The van der Waals surface area contributed by atoms with Gasteiger partial charge in [0.25, 0.3) is 0 Å². The SMILES string of the molecule is N#Cc1c(Br)cccc1Nc1ccc2ncccc2c1. The Kier molecular flexibility index (Phi) is 3.36. The molecule has 4 heteroatoms. The standard InChI is InChI=1S/C16H10BrN3/c17-14-4-1-5-16(13(14)10-18)20-12-6-7-15-11(9-12)3-2-8-19-15/h1-9,20H. The fourth-order valence-corrected chi connectivity index (χ4v) is 2.51. The van der Waals surface area contributed by atoms with Crippen molar-refractivity contribution in [1.29, 1.82) is 5.26 Å². The van der Waals surface area contributed by atoms with Crippen LogP contribution in [0, 0.1) is 11.3 Å². The maximum absolute atomic E-state index is 9.22. The van der Waals surface area contributed by atoms with E-state index in [0.717, 1.165) is 26.8 Å². The Morgan fingerprint density at radius 1 is 1.10 bits per heavy atom. The van der Waals surface area contributed by atoms with Crippen molar-refractivity contribution in [2.45, 2.75) is 0 Å². The second-order valence-corrected chi connectivity index (χ2v) is 5.16. The highest BCUT2D eigenvalue weighted by Gasteiger charge is 2.06. The summed E-state index contributed by atoms with van der Waals surface area (Å²) >= 11 is 3.39. The van der Waals surface area contributed by atoms with Crippen LogP contribution in [0.5, 0.6) is 0 Å². The van der Waals surface area contributed by atoms with E-state index < -0.39 is 0 Å². The number of aromatic nitrogens is 1. The zero-order valence-corrected chi connectivity index (χ0v) is 12.1. The first-order chi connectivity index (χ1) is 9.78. The van der Waals surface area contributed by atoms with Gasteiger partial charge >= 0.3 is 0 Å². The fourth-order valence-electron chi connectivity index (χ4n) is 2.05. The Labute approximate surface area is 125 Å². The van der Waals surface area contributed by atoms with Gasteiger partial charge in [-0.05, 0) is 52.3 Å². The number of halogens is 1. The van der Waals surface area contributed by atoms with Crippen LogP contribution < -0.4 is 5.32 Å². The van der Waals surface area contributed by atoms with Crippen LogP contribution in [0.1, 0.15) is 5.56 Å². The third-order valence-electron chi connectivity index (χ3n) is 3.01. The molecule has 3 aromatic rings. The maximum atomic E-state index is 9.22. The summed E-state index contributed by atoms with van der Waals surface area (Å²) in [7, 11) is 0. The van der Waals surface area contributed by atoms with Gasteiger partial charge in [0.2, 0.25) is 0 Å². The smallest absolute Gasteiger partial charge is 0.103 e. The van der Waals surface area contributed by atoms with Gasteiger partial charge in [-0.25, -0.2) is 0 Å². The molecule has 0 spiro atoms. The molecule has 0 saturated carbocycles. The predicted molar refractivity (Wildman–Crippen MR) is 83.9 cm³/mol. The van der Waals surface area contributed by atoms with Gasteiger partial charge in [-0.2, -0.15) is 5.26 Å². The normalized spacial score (nSPS) is 10.2. The molecule has 0 radical (unpaired) electrons. The third-order valence-corrected chi connectivity index (χ3v) is 3.67. The summed E-state index contributed by atoms with van der Waals surface area (Å²) < 4.78 is 0.785. The van der Waals surface area contributed by atoms with Gasteiger partial charge < -0.3 is 5.32 Å². The molecule has 0 aliphatic rings. The maximum Gasteiger partial charge on any atom is 0.103 e. The summed E-state index contributed by atoms with van der Waals surface area (Å²) in [5.41, 5.74) is 3.26. The van der Waals surface area contributed by atoms with Crippen LogP contribution in [-0.4, -0.2) is 4.98 Å². The first-order valence-electron chi connectivity index (χ1n) is 6.08. The number of hydrogen-bond acceptors (Lipinski definition) is 3. The highest BCUT2D eigenvalue weighted by Crippen LogP contribution is 2.27. The van der Waals surface area contributed by atoms with Crippen LogP contribution in [0.25, 0.3) is 10.9 Å². The summed E-state index contributed by atoms with van der Waals surface area (Å²) in [6.45, 7) is 0. The molecular weight excluding hydrogens is 314 g/mol. The largest absolute Gasteiger partial charge is 0.354 e. The Morgan fingerprint density at radius 2 is 2.00 bits per heavy atom. The molecule has 20 heavy (non-hydrogen) atoms. The average molecular weight is 324 g/mol. The Balaban J connectivity index is 2.02. The molecule has 0 atom stereocenters. The Hall–Kier alpha value is -2.38. The van der Waals surface area contributed by atoms with Crippen LogP contribution in [0.4, 0.5) is 11.4 Å². The fraction of sp³-hybridized carbons (Fsp3) is 0. The van der Waals surface area contributed by atoms with Crippen molar-refractivity contribution in [3.05, 3.63) is 64.8 Å². The van der Waals surface area contributed by atoms with Crippen molar-refractivity contribution >= 4 is 38.2 Å². The molecular formula is C16H10BrN3. The van der Waals surface area contributed by atoms with E-state index in [0.29, 0.717) is 5.56 Å². The lowest BCUT2D eigenvalue weighted by molar-refractivity contribution is 1.41. The zero-order valence-electron chi connectivity index (χ0n) is 10.5. The van der Waals surface area contributed by atoms with Crippen molar-refractivity contribution in [3.8, 4) is 6.07 Å². The molecule has 0 aliphatic heterocycles. The van der Waals surface area contributed by atoms with E-state index in [1.807, 2.05) is 48.5 Å². The number of nitrogens with one attached hydrogen (secondary N) is 1. The summed E-state index contributed by atoms with van der Waals surface area (Å²) in [6.07, 6.45) is 1.78. The molecule has 0 saturated heterocycles. The van der Waals surface area contributed by atoms with Gasteiger partial charge in [-0.1, -0.05) is 12.1 Å². The van der Waals surface area contributed by atoms with Gasteiger partial charge in [0.15, 0.2) is 0 Å². The molecule has 3 rings (SSSR count). The monoisotopic (exact) mass is 323 g/mol. The van der Waals surface area contributed by atoms with Gasteiger partial charge in [-0.15, -0.1) is 0 Å². The number of benzene rings is 2. The quantitative estimate of drug-likeness (QED) is 0.749. The lowest BCUT2D eigenvalue weighted by atomic mass is 10.1. The van der Waals surface area contributed by atoms with E-state index in [-0.39, 0.29) is 0 Å². The minimum atomic E-state index is 0.596. The first-order valence-corrected chi connectivity index (χ1v) is 6.87. The lowest BCUT2D eigenvalue weighted by Gasteiger charge is -2.10. The van der Waals surface area contributed by atoms with Crippen molar-refractivity contribution in [3.63, 3.8) is 0 Å². The molecule has 1 aromatic heterocycles. The number of hydrogen-bond donors (Lipinski definition) is 1. The van der Waals surface area contributed by atoms with E-state index in [9.17, 15) is 5.26 Å². The van der Waals surface area contributed by atoms with E-state index in [1.54, 1.807) is 6.20 Å². The van der Waals surface area contributed by atoms with Crippen LogP contribution >= 0.6 is 15.9 Å². The number of fused-ring (bicyclic) bond motifs is 1. The number of rotatable bonds is 2. The van der Waals surface area contributed by atoms with Crippen molar-refractivity contribution in [1.82, 2.24) is 4.98 Å². The highest BCUT2D eigenvalue weighted by molar-refractivity contribution is 9.10. The summed E-state index contributed by atoms with van der Waals surface area (Å²) in [4.78, 5) is 4.29. The Morgan fingerprint density at radius 3 is 2.85 bits per heavy atom. The molecule has 2 aromatic carbocycles. The zero-order chi connectivity index (χ0) is 13.9. The number of anilines is 2. The molecule has 0 amide bonds. The number of pyridine rings is 1. The second-order valence-electron chi connectivity index (χ2n) is 4.31. The molecule has 1 heterocycles. The number of nitriles is 1. The van der Waals surface area contributed by atoms with Crippen LogP contribution in [0.2, 0.25) is 0 Å². The first kappa shape index (κ1) is 12.6. The average Bonchev–Trinajstić information content (AvgIpc) is 2.47. The highest BCUT2D eigenvalue weighted by atomic mass is 79.9. The van der Waals surface area contributed by atoms with Gasteiger partial charge in [0, 0.05) is 21.7 Å².